The molecule has 0 bridgehead atoms. The molecular weight excluding hydrogens is 260 g/mol. The van der Waals surface area contributed by atoms with Gasteiger partial charge in [-0.25, -0.2) is 4.79 Å². The first-order valence-electron chi connectivity index (χ1n) is 6.21. The molecule has 1 heterocycles. The molecule has 6 nitrogen and oxygen atoms in total. The zero-order valence-electron chi connectivity index (χ0n) is 11.1. The van der Waals surface area contributed by atoms with Crippen molar-refractivity contribution >= 4 is 22.8 Å². The molecule has 0 aliphatic rings. The highest BCUT2D eigenvalue weighted by atomic mass is 16.5. The predicted octanol–water partition coefficient (Wildman–Crippen LogP) is 1.39. The molecule has 20 heavy (non-hydrogen) atoms. The van der Waals surface area contributed by atoms with Crippen LogP contribution in [-0.4, -0.2) is 41.7 Å². The van der Waals surface area contributed by atoms with Gasteiger partial charge in [0.1, 0.15) is 6.04 Å². The number of rotatable bonds is 6. The molecule has 0 fully saturated rings. The Morgan fingerprint density at radius 2 is 2.20 bits per heavy atom. The Kier molecular flexibility index (Phi) is 4.37. The van der Waals surface area contributed by atoms with E-state index in [1.54, 1.807) is 24.4 Å². The van der Waals surface area contributed by atoms with Crippen LogP contribution in [0.4, 0.5) is 0 Å². The fraction of sp³-hybridized carbons (Fsp3) is 0.286. The van der Waals surface area contributed by atoms with Crippen molar-refractivity contribution in [3.8, 4) is 0 Å². The fourth-order valence-electron chi connectivity index (χ4n) is 1.93. The van der Waals surface area contributed by atoms with Gasteiger partial charge < -0.3 is 20.1 Å². The van der Waals surface area contributed by atoms with Crippen LogP contribution in [0.5, 0.6) is 0 Å². The molecule has 1 unspecified atom stereocenters. The molecule has 1 atom stereocenters. The average Bonchev–Trinajstić information content (AvgIpc) is 2.90. The number of aromatic amines is 1. The quantitative estimate of drug-likeness (QED) is 0.743. The largest absolute Gasteiger partial charge is 0.480 e. The Hall–Kier alpha value is -2.34. The molecule has 0 aliphatic heterocycles. The van der Waals surface area contributed by atoms with Crippen molar-refractivity contribution in [1.29, 1.82) is 0 Å². The van der Waals surface area contributed by atoms with E-state index in [1.807, 2.05) is 6.07 Å². The lowest BCUT2D eigenvalue weighted by molar-refractivity contribution is -0.139. The standard InChI is InChI=1S/C14H16N2O4/c1-20-7-5-12(14(18)19)16-13(17)10-2-3-11-9(8-10)4-6-15-11/h2-4,6,8,12,15H,5,7H2,1H3,(H,16,17)(H,18,19). The van der Waals surface area contributed by atoms with E-state index in [0.717, 1.165) is 10.9 Å². The summed E-state index contributed by atoms with van der Waals surface area (Å²) in [7, 11) is 1.49. The van der Waals surface area contributed by atoms with Crippen molar-refractivity contribution in [1.82, 2.24) is 10.3 Å². The molecule has 1 aromatic heterocycles. The first kappa shape index (κ1) is 14.1. The van der Waals surface area contributed by atoms with E-state index < -0.39 is 17.9 Å². The van der Waals surface area contributed by atoms with Crippen LogP contribution < -0.4 is 5.32 Å². The van der Waals surface area contributed by atoms with Gasteiger partial charge in [0.15, 0.2) is 0 Å². The van der Waals surface area contributed by atoms with E-state index in [-0.39, 0.29) is 13.0 Å². The molecular formula is C14H16N2O4. The molecule has 0 saturated heterocycles. The first-order valence-corrected chi connectivity index (χ1v) is 6.21. The van der Waals surface area contributed by atoms with Crippen molar-refractivity contribution in [2.75, 3.05) is 13.7 Å². The molecule has 1 amide bonds. The van der Waals surface area contributed by atoms with Crippen LogP contribution in [0.3, 0.4) is 0 Å². The summed E-state index contributed by atoms with van der Waals surface area (Å²) in [4.78, 5) is 26.2. The van der Waals surface area contributed by atoms with Gasteiger partial charge >= 0.3 is 5.97 Å². The number of carboxylic acids is 1. The second-order valence-electron chi connectivity index (χ2n) is 4.43. The van der Waals surface area contributed by atoms with Gasteiger partial charge in [-0.3, -0.25) is 4.79 Å². The number of hydrogen-bond acceptors (Lipinski definition) is 3. The minimum atomic E-state index is -1.07. The number of nitrogens with one attached hydrogen (secondary N) is 2. The molecule has 0 radical (unpaired) electrons. The molecule has 0 aliphatic carbocycles. The van der Waals surface area contributed by atoms with Gasteiger partial charge in [0.2, 0.25) is 0 Å². The minimum absolute atomic E-state index is 0.226. The topological polar surface area (TPSA) is 91.4 Å². The summed E-state index contributed by atoms with van der Waals surface area (Å²) in [6.45, 7) is 0.272. The average molecular weight is 276 g/mol. The smallest absolute Gasteiger partial charge is 0.326 e. The van der Waals surface area contributed by atoms with Crippen molar-refractivity contribution < 1.29 is 19.4 Å². The summed E-state index contributed by atoms with van der Waals surface area (Å²) in [5.74, 6) is -1.48. The molecule has 3 N–H and O–H groups in total. The SMILES string of the molecule is COCCC(NC(=O)c1ccc2[nH]ccc2c1)C(=O)O. The number of aliphatic carboxylic acids is 1. The van der Waals surface area contributed by atoms with Gasteiger partial charge in [0.05, 0.1) is 0 Å². The third-order valence-electron chi connectivity index (χ3n) is 3.03. The number of benzene rings is 1. The van der Waals surface area contributed by atoms with Crippen LogP contribution in [0.25, 0.3) is 10.9 Å². The molecule has 0 spiro atoms. The lowest BCUT2D eigenvalue weighted by Gasteiger charge is -2.14. The number of H-pyrrole nitrogens is 1. The van der Waals surface area contributed by atoms with E-state index >= 15 is 0 Å². The molecule has 6 heteroatoms. The number of amides is 1. The van der Waals surface area contributed by atoms with Crippen LogP contribution in [0, 0.1) is 0 Å². The number of carboxylic acid groups (broad SMARTS) is 1. The van der Waals surface area contributed by atoms with E-state index in [2.05, 4.69) is 10.3 Å². The van der Waals surface area contributed by atoms with Crippen molar-refractivity contribution in [3.63, 3.8) is 0 Å². The number of carbonyl (C=O) groups is 2. The number of ether oxygens (including phenoxy) is 1. The van der Waals surface area contributed by atoms with E-state index in [9.17, 15) is 9.59 Å². The normalized spacial score (nSPS) is 12.2. The maximum absolute atomic E-state index is 12.1. The lowest BCUT2D eigenvalue weighted by atomic mass is 10.1. The predicted molar refractivity (Wildman–Crippen MR) is 73.7 cm³/mol. The molecule has 2 rings (SSSR count). The Morgan fingerprint density at radius 1 is 1.40 bits per heavy atom. The molecule has 1 aromatic carbocycles. The van der Waals surface area contributed by atoms with Crippen LogP contribution in [-0.2, 0) is 9.53 Å². The molecule has 2 aromatic rings. The summed E-state index contributed by atoms with van der Waals surface area (Å²) in [5, 5.41) is 12.5. The summed E-state index contributed by atoms with van der Waals surface area (Å²) in [6.07, 6.45) is 2.01. The maximum atomic E-state index is 12.1. The number of fused-ring (bicyclic) bond motifs is 1. The first-order chi connectivity index (χ1) is 9.61. The third kappa shape index (κ3) is 3.16. The number of hydrogen-bond donors (Lipinski definition) is 3. The van der Waals surface area contributed by atoms with Crippen LogP contribution in [0.1, 0.15) is 16.8 Å². The van der Waals surface area contributed by atoms with E-state index in [0.29, 0.717) is 5.56 Å². The number of carbonyl (C=O) groups excluding carboxylic acids is 1. The second kappa shape index (κ2) is 6.21. The molecule has 0 saturated carbocycles. The van der Waals surface area contributed by atoms with Crippen molar-refractivity contribution in [3.05, 3.63) is 36.0 Å². The zero-order valence-corrected chi connectivity index (χ0v) is 11.1. The van der Waals surface area contributed by atoms with Crippen LogP contribution >= 0.6 is 0 Å². The highest BCUT2D eigenvalue weighted by Crippen LogP contribution is 2.14. The Morgan fingerprint density at radius 3 is 2.90 bits per heavy atom. The lowest BCUT2D eigenvalue weighted by Crippen LogP contribution is -2.41. The van der Waals surface area contributed by atoms with E-state index in [4.69, 9.17) is 9.84 Å². The van der Waals surface area contributed by atoms with E-state index in [1.165, 1.54) is 7.11 Å². The number of methoxy groups -OCH3 is 1. The van der Waals surface area contributed by atoms with Gasteiger partial charge in [0, 0.05) is 42.8 Å². The van der Waals surface area contributed by atoms with Crippen molar-refractivity contribution in [2.24, 2.45) is 0 Å². The molecule has 106 valence electrons. The second-order valence-corrected chi connectivity index (χ2v) is 4.43. The van der Waals surface area contributed by atoms with Gasteiger partial charge in [-0.2, -0.15) is 0 Å². The third-order valence-corrected chi connectivity index (χ3v) is 3.03. The Balaban J connectivity index is 2.10. The summed E-state index contributed by atoms with van der Waals surface area (Å²) < 4.78 is 4.84. The monoisotopic (exact) mass is 276 g/mol. The summed E-state index contributed by atoms with van der Waals surface area (Å²) in [5.41, 5.74) is 1.36. The Bertz CT molecular complexity index is 620. The maximum Gasteiger partial charge on any atom is 0.326 e. The van der Waals surface area contributed by atoms with Crippen molar-refractivity contribution in [2.45, 2.75) is 12.5 Å². The Labute approximate surface area is 115 Å². The fourth-order valence-corrected chi connectivity index (χ4v) is 1.93. The van der Waals surface area contributed by atoms with Gasteiger partial charge in [-0.05, 0) is 24.3 Å². The van der Waals surface area contributed by atoms with Gasteiger partial charge in [-0.15, -0.1) is 0 Å². The highest BCUT2D eigenvalue weighted by molar-refractivity contribution is 5.99. The van der Waals surface area contributed by atoms with Gasteiger partial charge in [-0.1, -0.05) is 0 Å². The summed E-state index contributed by atoms with van der Waals surface area (Å²) >= 11 is 0. The van der Waals surface area contributed by atoms with Crippen LogP contribution in [0.2, 0.25) is 0 Å². The highest BCUT2D eigenvalue weighted by Gasteiger charge is 2.20. The number of aromatic nitrogens is 1. The van der Waals surface area contributed by atoms with Crippen LogP contribution in [0.15, 0.2) is 30.5 Å². The summed E-state index contributed by atoms with van der Waals surface area (Å²) in [6, 6.07) is 6.06. The van der Waals surface area contributed by atoms with Gasteiger partial charge in [0.25, 0.3) is 5.91 Å². The minimum Gasteiger partial charge on any atom is -0.480 e. The zero-order chi connectivity index (χ0) is 14.5.